The maximum atomic E-state index is 12.9. The number of sulfonamides is 1. The third-order valence-corrected chi connectivity index (χ3v) is 5.03. The van der Waals surface area contributed by atoms with Crippen LogP contribution in [0.5, 0.6) is 0 Å². The van der Waals surface area contributed by atoms with Crippen molar-refractivity contribution < 1.29 is 17.2 Å². The highest BCUT2D eigenvalue weighted by molar-refractivity contribution is 7.89. The van der Waals surface area contributed by atoms with E-state index in [1.165, 1.54) is 18.3 Å². The van der Waals surface area contributed by atoms with Crippen LogP contribution in [0.4, 0.5) is 10.1 Å². The van der Waals surface area contributed by atoms with E-state index in [4.69, 9.17) is 4.42 Å². The summed E-state index contributed by atoms with van der Waals surface area (Å²) in [5.74, 6) is 0.602. The molecule has 0 radical (unpaired) electrons. The summed E-state index contributed by atoms with van der Waals surface area (Å²) in [7, 11) is -3.60. The normalized spacial score (nSPS) is 11.9. The lowest BCUT2D eigenvalue weighted by molar-refractivity contribution is 0.494. The average molecular weight is 372 g/mol. The zero-order chi connectivity index (χ0) is 18.6. The van der Waals surface area contributed by atoms with Gasteiger partial charge in [0.05, 0.1) is 23.3 Å². The van der Waals surface area contributed by atoms with E-state index in [-0.39, 0.29) is 17.3 Å². The van der Waals surface area contributed by atoms with E-state index in [0.29, 0.717) is 17.2 Å². The van der Waals surface area contributed by atoms with Crippen LogP contribution in [0.2, 0.25) is 0 Å². The lowest BCUT2D eigenvalue weighted by Gasteiger charge is -2.05. The summed E-state index contributed by atoms with van der Waals surface area (Å²) in [5, 5.41) is 0. The van der Waals surface area contributed by atoms with E-state index < -0.39 is 10.0 Å². The largest absolute Gasteiger partial charge is 0.459 e. The highest BCUT2D eigenvalue weighted by Crippen LogP contribution is 2.14. The first kappa shape index (κ1) is 18.0. The van der Waals surface area contributed by atoms with Gasteiger partial charge in [0.15, 0.2) is 0 Å². The van der Waals surface area contributed by atoms with Gasteiger partial charge in [-0.25, -0.2) is 17.5 Å². The molecule has 0 aliphatic rings. The van der Waals surface area contributed by atoms with Gasteiger partial charge >= 0.3 is 0 Å². The highest BCUT2D eigenvalue weighted by Gasteiger charge is 2.14. The monoisotopic (exact) mass is 372 g/mol. The van der Waals surface area contributed by atoms with Crippen molar-refractivity contribution in [2.75, 3.05) is 0 Å². The summed E-state index contributed by atoms with van der Waals surface area (Å²) in [6.45, 7) is 1.92. The van der Waals surface area contributed by atoms with Crippen LogP contribution in [0.3, 0.4) is 0 Å². The minimum atomic E-state index is -3.60. The van der Waals surface area contributed by atoms with Crippen LogP contribution < -0.4 is 4.72 Å². The lowest BCUT2D eigenvalue weighted by Crippen LogP contribution is -2.22. The Morgan fingerprint density at radius 2 is 1.73 bits per heavy atom. The standard InChI is InChI=1S/C19H17FN2O3S/c1-14-2-10-19(11-3-14)26(23,24)22-13-18-9-8-17(25-18)12-21-16-6-4-15(20)5-7-16/h2-12,22H,13H2,1H3. The van der Waals surface area contributed by atoms with Crippen molar-refractivity contribution in [1.29, 1.82) is 0 Å². The number of nitrogens with one attached hydrogen (secondary N) is 1. The van der Waals surface area contributed by atoms with Crippen LogP contribution in [0.15, 0.2) is 75.0 Å². The van der Waals surface area contributed by atoms with Gasteiger partial charge in [-0.05, 0) is 55.5 Å². The minimum Gasteiger partial charge on any atom is -0.459 e. The van der Waals surface area contributed by atoms with Gasteiger partial charge in [-0.15, -0.1) is 0 Å². The molecule has 0 fully saturated rings. The van der Waals surface area contributed by atoms with Crippen LogP contribution in [0.25, 0.3) is 0 Å². The molecule has 134 valence electrons. The molecule has 3 rings (SSSR count). The highest BCUT2D eigenvalue weighted by atomic mass is 32.2. The number of nitrogens with zero attached hydrogens (tertiary/aromatic N) is 1. The Morgan fingerprint density at radius 1 is 1.04 bits per heavy atom. The average Bonchev–Trinajstić information content (AvgIpc) is 3.08. The van der Waals surface area contributed by atoms with E-state index in [9.17, 15) is 12.8 Å². The molecule has 0 amide bonds. The molecule has 7 heteroatoms. The Labute approximate surface area is 151 Å². The maximum absolute atomic E-state index is 12.9. The van der Waals surface area contributed by atoms with Crippen molar-refractivity contribution in [3.63, 3.8) is 0 Å². The first-order valence-electron chi connectivity index (χ1n) is 7.87. The van der Waals surface area contributed by atoms with Crippen molar-refractivity contribution >= 4 is 21.9 Å². The van der Waals surface area contributed by atoms with Crippen molar-refractivity contribution in [1.82, 2.24) is 4.72 Å². The van der Waals surface area contributed by atoms with Gasteiger partial charge in [0.25, 0.3) is 0 Å². The molecule has 0 atom stereocenters. The Morgan fingerprint density at radius 3 is 2.42 bits per heavy atom. The molecule has 0 spiro atoms. The number of halogens is 1. The van der Waals surface area contributed by atoms with E-state index in [1.54, 1.807) is 48.5 Å². The molecule has 0 aliphatic heterocycles. The molecule has 2 aromatic carbocycles. The van der Waals surface area contributed by atoms with E-state index in [0.717, 1.165) is 5.56 Å². The second-order valence-electron chi connectivity index (χ2n) is 5.68. The molecule has 26 heavy (non-hydrogen) atoms. The number of hydrogen-bond donors (Lipinski definition) is 1. The molecule has 0 bridgehead atoms. The Kier molecular flexibility index (Phi) is 5.29. The predicted molar refractivity (Wildman–Crippen MR) is 97.6 cm³/mol. The van der Waals surface area contributed by atoms with Crippen LogP contribution >= 0.6 is 0 Å². The van der Waals surface area contributed by atoms with Crippen molar-refractivity contribution in [3.05, 3.63) is 83.6 Å². The van der Waals surface area contributed by atoms with Gasteiger partial charge in [-0.3, -0.25) is 4.99 Å². The molecule has 5 nitrogen and oxygen atoms in total. The predicted octanol–water partition coefficient (Wildman–Crippen LogP) is 3.96. The first-order valence-corrected chi connectivity index (χ1v) is 9.35. The quantitative estimate of drug-likeness (QED) is 0.666. The van der Waals surface area contributed by atoms with E-state index in [2.05, 4.69) is 9.71 Å². The lowest BCUT2D eigenvalue weighted by atomic mass is 10.2. The summed E-state index contributed by atoms with van der Waals surface area (Å²) in [6, 6.07) is 15.7. The number of hydrogen-bond acceptors (Lipinski definition) is 4. The van der Waals surface area contributed by atoms with Crippen molar-refractivity contribution in [2.45, 2.75) is 18.4 Å². The second-order valence-corrected chi connectivity index (χ2v) is 7.44. The summed E-state index contributed by atoms with van der Waals surface area (Å²) in [5.41, 5.74) is 1.57. The number of furan rings is 1. The Balaban J connectivity index is 1.63. The van der Waals surface area contributed by atoms with Crippen molar-refractivity contribution in [3.8, 4) is 0 Å². The van der Waals surface area contributed by atoms with Gasteiger partial charge in [-0.2, -0.15) is 0 Å². The van der Waals surface area contributed by atoms with Crippen LogP contribution in [0, 0.1) is 12.7 Å². The van der Waals surface area contributed by atoms with E-state index in [1.807, 2.05) is 6.92 Å². The molecule has 1 aromatic heterocycles. The maximum Gasteiger partial charge on any atom is 0.240 e. The number of rotatable bonds is 6. The Bertz CT molecular complexity index is 1010. The molecule has 0 saturated carbocycles. The van der Waals surface area contributed by atoms with Gasteiger partial charge in [0, 0.05) is 0 Å². The number of aliphatic imine (C=N–C) groups is 1. The molecule has 0 saturated heterocycles. The van der Waals surface area contributed by atoms with Crippen LogP contribution in [0.1, 0.15) is 17.1 Å². The number of aryl methyl sites for hydroxylation is 1. The van der Waals surface area contributed by atoms with Crippen molar-refractivity contribution in [2.24, 2.45) is 4.99 Å². The molecule has 0 aliphatic carbocycles. The van der Waals surface area contributed by atoms with Crippen LogP contribution in [-0.4, -0.2) is 14.6 Å². The Hall–Kier alpha value is -2.77. The molecular weight excluding hydrogens is 355 g/mol. The SMILES string of the molecule is Cc1ccc(S(=O)(=O)NCc2ccc(C=Nc3ccc(F)cc3)o2)cc1. The third-order valence-electron chi connectivity index (χ3n) is 3.62. The third kappa shape index (κ3) is 4.65. The molecule has 0 unspecified atom stereocenters. The number of benzene rings is 2. The molecule has 1 heterocycles. The minimum absolute atomic E-state index is 0.0284. The van der Waals surface area contributed by atoms with Gasteiger partial charge in [-0.1, -0.05) is 17.7 Å². The first-order chi connectivity index (χ1) is 12.4. The summed E-state index contributed by atoms with van der Waals surface area (Å²) in [4.78, 5) is 4.37. The molecule has 3 aromatic rings. The van der Waals surface area contributed by atoms with Crippen LogP contribution in [-0.2, 0) is 16.6 Å². The topological polar surface area (TPSA) is 71.7 Å². The fourth-order valence-corrected chi connectivity index (χ4v) is 3.18. The molecular formula is C19H17FN2O3S. The van der Waals surface area contributed by atoms with Gasteiger partial charge in [0.2, 0.25) is 10.0 Å². The second kappa shape index (κ2) is 7.63. The summed E-state index contributed by atoms with van der Waals surface area (Å²) < 4.78 is 45.4. The van der Waals surface area contributed by atoms with E-state index >= 15 is 0 Å². The fraction of sp³-hybridized carbons (Fsp3) is 0.105. The van der Waals surface area contributed by atoms with Gasteiger partial charge in [0.1, 0.15) is 17.3 Å². The zero-order valence-corrected chi connectivity index (χ0v) is 14.8. The molecule has 1 N–H and O–H groups in total. The zero-order valence-electron chi connectivity index (χ0n) is 14.0. The van der Waals surface area contributed by atoms with Gasteiger partial charge < -0.3 is 4.42 Å². The smallest absolute Gasteiger partial charge is 0.240 e. The summed E-state index contributed by atoms with van der Waals surface area (Å²) in [6.07, 6.45) is 1.49. The fourth-order valence-electron chi connectivity index (χ4n) is 2.19. The summed E-state index contributed by atoms with van der Waals surface area (Å²) >= 11 is 0.